The molecule has 0 bridgehead atoms. The zero-order chi connectivity index (χ0) is 25.1. The highest BCUT2D eigenvalue weighted by atomic mass is 79.9. The number of aromatic nitrogens is 6. The Kier molecular flexibility index (Phi) is 7.30. The van der Waals surface area contributed by atoms with Crippen molar-refractivity contribution in [2.24, 2.45) is 0 Å². The monoisotopic (exact) mass is 585 g/mol. The van der Waals surface area contributed by atoms with Crippen molar-refractivity contribution in [3.8, 4) is 16.3 Å². The van der Waals surface area contributed by atoms with E-state index in [4.69, 9.17) is 9.47 Å². The molecule has 0 amide bonds. The fourth-order valence-electron chi connectivity index (χ4n) is 3.80. The third-order valence-electron chi connectivity index (χ3n) is 5.34. The maximum Gasteiger partial charge on any atom is 0.338 e. The SMILES string of the molecule is CCOc1ccc(Br)cc1C1C(C(=O)OC)=C(CSc2nnc(-c3ccccc3)s2)Nc2nnnn21. The number of hydrogen-bond acceptors (Lipinski definition) is 11. The van der Waals surface area contributed by atoms with E-state index in [0.717, 1.165) is 24.9 Å². The predicted molar refractivity (Wildman–Crippen MR) is 140 cm³/mol. The van der Waals surface area contributed by atoms with Crippen molar-refractivity contribution in [3.05, 3.63) is 69.8 Å². The number of ether oxygens (including phenoxy) is 2. The van der Waals surface area contributed by atoms with Crippen LogP contribution in [-0.4, -0.2) is 55.8 Å². The van der Waals surface area contributed by atoms with E-state index in [0.29, 0.717) is 35.3 Å². The molecule has 0 radical (unpaired) electrons. The van der Waals surface area contributed by atoms with Crippen molar-refractivity contribution in [1.82, 2.24) is 30.4 Å². The van der Waals surface area contributed by atoms with E-state index in [9.17, 15) is 4.79 Å². The second-order valence-corrected chi connectivity index (χ2v) is 10.6. The van der Waals surface area contributed by atoms with Gasteiger partial charge in [-0.25, -0.2) is 4.79 Å². The van der Waals surface area contributed by atoms with Crippen LogP contribution in [0, 0.1) is 0 Å². The molecule has 0 aliphatic carbocycles. The number of esters is 1. The summed E-state index contributed by atoms with van der Waals surface area (Å²) in [4.78, 5) is 13.2. The predicted octanol–water partition coefficient (Wildman–Crippen LogP) is 4.59. The summed E-state index contributed by atoms with van der Waals surface area (Å²) in [5.74, 6) is 0.941. The number of hydrogen-bond donors (Lipinski definition) is 1. The van der Waals surface area contributed by atoms with Crippen molar-refractivity contribution >= 4 is 50.9 Å². The lowest BCUT2D eigenvalue weighted by Crippen LogP contribution is -2.31. The molecule has 5 rings (SSSR count). The Balaban J connectivity index is 1.53. The van der Waals surface area contributed by atoms with Crippen molar-refractivity contribution in [3.63, 3.8) is 0 Å². The van der Waals surface area contributed by atoms with Gasteiger partial charge in [-0.2, -0.15) is 4.68 Å². The van der Waals surface area contributed by atoms with E-state index in [1.807, 2.05) is 55.5 Å². The first-order chi connectivity index (χ1) is 17.6. The van der Waals surface area contributed by atoms with Gasteiger partial charge in [-0.05, 0) is 35.5 Å². The molecule has 36 heavy (non-hydrogen) atoms. The van der Waals surface area contributed by atoms with Crippen molar-refractivity contribution in [1.29, 1.82) is 0 Å². The molecule has 3 heterocycles. The second-order valence-electron chi connectivity index (χ2n) is 7.50. The van der Waals surface area contributed by atoms with Gasteiger partial charge in [0, 0.05) is 27.0 Å². The van der Waals surface area contributed by atoms with Crippen LogP contribution < -0.4 is 10.1 Å². The smallest absolute Gasteiger partial charge is 0.338 e. The molecule has 0 saturated carbocycles. The molecule has 1 atom stereocenters. The third-order valence-corrected chi connectivity index (χ3v) is 7.96. The molecule has 1 unspecified atom stereocenters. The van der Waals surface area contributed by atoms with Crippen LogP contribution in [0.25, 0.3) is 10.6 Å². The van der Waals surface area contributed by atoms with Crippen LogP contribution in [0.5, 0.6) is 5.75 Å². The Morgan fingerprint density at radius 1 is 1.19 bits per heavy atom. The average molecular weight is 586 g/mol. The second kappa shape index (κ2) is 10.8. The summed E-state index contributed by atoms with van der Waals surface area (Å²) in [5, 5.41) is 24.8. The number of benzene rings is 2. The molecule has 13 heteroatoms. The van der Waals surface area contributed by atoms with E-state index in [2.05, 4.69) is 47.0 Å². The Morgan fingerprint density at radius 3 is 2.81 bits per heavy atom. The van der Waals surface area contributed by atoms with Crippen LogP contribution >= 0.6 is 39.0 Å². The van der Waals surface area contributed by atoms with Crippen LogP contribution in [0.3, 0.4) is 0 Å². The highest BCUT2D eigenvalue weighted by molar-refractivity contribution is 9.10. The molecule has 1 aliphatic rings. The van der Waals surface area contributed by atoms with Crippen molar-refractivity contribution in [2.45, 2.75) is 17.3 Å². The van der Waals surface area contributed by atoms with Crippen molar-refractivity contribution < 1.29 is 14.3 Å². The summed E-state index contributed by atoms with van der Waals surface area (Å²) in [6, 6.07) is 14.9. The molecule has 184 valence electrons. The Morgan fingerprint density at radius 2 is 2.03 bits per heavy atom. The molecule has 1 aliphatic heterocycles. The van der Waals surface area contributed by atoms with Gasteiger partial charge in [-0.3, -0.25) is 0 Å². The summed E-state index contributed by atoms with van der Waals surface area (Å²) < 4.78 is 14.2. The van der Waals surface area contributed by atoms with Crippen LogP contribution in [0.4, 0.5) is 5.95 Å². The van der Waals surface area contributed by atoms with E-state index in [-0.39, 0.29) is 0 Å². The summed E-state index contributed by atoms with van der Waals surface area (Å²) in [6.45, 7) is 2.37. The van der Waals surface area contributed by atoms with E-state index in [1.165, 1.54) is 30.2 Å². The number of fused-ring (bicyclic) bond motifs is 1. The van der Waals surface area contributed by atoms with Gasteiger partial charge >= 0.3 is 5.97 Å². The van der Waals surface area contributed by atoms with Gasteiger partial charge in [0.25, 0.3) is 0 Å². The van der Waals surface area contributed by atoms with Crippen LogP contribution in [0.15, 0.2) is 68.6 Å². The van der Waals surface area contributed by atoms with Gasteiger partial charge < -0.3 is 14.8 Å². The van der Waals surface area contributed by atoms with Crippen molar-refractivity contribution in [2.75, 3.05) is 24.8 Å². The van der Waals surface area contributed by atoms with Gasteiger partial charge in [0.2, 0.25) is 5.95 Å². The summed E-state index contributed by atoms with van der Waals surface area (Å²) in [7, 11) is 1.35. The van der Waals surface area contributed by atoms with E-state index in [1.54, 1.807) is 4.68 Å². The molecule has 1 N–H and O–H groups in total. The van der Waals surface area contributed by atoms with E-state index < -0.39 is 12.0 Å². The molecule has 2 aromatic heterocycles. The third kappa shape index (κ3) is 4.86. The Labute approximate surface area is 223 Å². The minimum absolute atomic E-state index is 0.386. The van der Waals surface area contributed by atoms with Gasteiger partial charge in [0.05, 0.1) is 19.3 Å². The number of carbonyl (C=O) groups is 1. The molecule has 4 aromatic rings. The lowest BCUT2D eigenvalue weighted by atomic mass is 9.95. The minimum atomic E-state index is -0.660. The van der Waals surface area contributed by atoms with Crippen LogP contribution in [0.2, 0.25) is 0 Å². The number of nitrogens with zero attached hydrogens (tertiary/aromatic N) is 6. The van der Waals surface area contributed by atoms with Gasteiger partial charge in [0.1, 0.15) is 16.8 Å². The summed E-state index contributed by atoms with van der Waals surface area (Å²) >= 11 is 6.49. The molecular weight excluding hydrogens is 566 g/mol. The normalized spacial score (nSPS) is 14.8. The highest BCUT2D eigenvalue weighted by Gasteiger charge is 2.37. The topological polar surface area (TPSA) is 117 Å². The zero-order valence-corrected chi connectivity index (χ0v) is 22.4. The quantitative estimate of drug-likeness (QED) is 0.232. The maximum absolute atomic E-state index is 13.2. The number of tetrazole rings is 1. The highest BCUT2D eigenvalue weighted by Crippen LogP contribution is 2.41. The lowest BCUT2D eigenvalue weighted by Gasteiger charge is -2.29. The first-order valence-corrected chi connectivity index (χ1v) is 13.5. The van der Waals surface area contributed by atoms with Gasteiger partial charge in [-0.1, -0.05) is 74.5 Å². The minimum Gasteiger partial charge on any atom is -0.494 e. The first-order valence-electron chi connectivity index (χ1n) is 10.9. The first kappa shape index (κ1) is 24.4. The Hall–Kier alpha value is -3.29. The zero-order valence-electron chi connectivity index (χ0n) is 19.2. The number of carbonyl (C=O) groups excluding carboxylic acids is 1. The number of halogens is 1. The lowest BCUT2D eigenvalue weighted by molar-refractivity contribution is -0.136. The molecule has 10 nitrogen and oxygen atoms in total. The molecule has 0 saturated heterocycles. The maximum atomic E-state index is 13.2. The number of anilines is 1. The van der Waals surface area contributed by atoms with Gasteiger partial charge in [-0.15, -0.1) is 10.2 Å². The molecule has 2 aromatic carbocycles. The van der Waals surface area contributed by atoms with Crippen LogP contribution in [0.1, 0.15) is 18.5 Å². The Bertz CT molecular complexity index is 1420. The van der Waals surface area contributed by atoms with Gasteiger partial charge in [0.15, 0.2) is 4.34 Å². The number of thioether (sulfide) groups is 1. The number of methoxy groups -OCH3 is 1. The average Bonchev–Trinajstić information content (AvgIpc) is 3.57. The fourth-order valence-corrected chi connectivity index (χ4v) is 6.01. The molecular formula is C23H20BrN7O3S2. The largest absolute Gasteiger partial charge is 0.494 e. The number of nitrogens with one attached hydrogen (secondary N) is 1. The van der Waals surface area contributed by atoms with E-state index >= 15 is 0 Å². The summed E-state index contributed by atoms with van der Waals surface area (Å²) in [6.07, 6.45) is 0. The fraction of sp³-hybridized carbons (Fsp3) is 0.217. The standard InChI is InChI=1S/C23H20BrN7O3S2/c1-3-34-17-10-9-14(24)11-15(17)19-18(21(32)33-2)16(25-22-27-29-30-31(19)22)12-35-23-28-26-20(36-23)13-7-5-4-6-8-13/h4-11,19H,3,12H2,1-2H3,(H,25,27,30). The summed E-state index contributed by atoms with van der Waals surface area (Å²) in [5.41, 5.74) is 2.74. The molecule has 0 spiro atoms. The van der Waals surface area contributed by atoms with Crippen LogP contribution in [-0.2, 0) is 9.53 Å². The number of rotatable bonds is 8. The molecule has 0 fully saturated rings.